The molecule has 0 amide bonds. The number of aliphatic hydroxyl groups is 2. The van der Waals surface area contributed by atoms with Crippen LogP contribution < -0.4 is 5.73 Å². The second kappa shape index (κ2) is 8.67. The molecule has 0 aromatic heterocycles. The topological polar surface area (TPSA) is 83.5 Å². The molecule has 1 unspecified atom stereocenters. The highest BCUT2D eigenvalue weighted by molar-refractivity contribution is 5.88. The quantitative estimate of drug-likeness (QED) is 0.490. The molecule has 1 atom stereocenters. The largest absolute Gasteiger partial charge is 0.396 e. The van der Waals surface area contributed by atoms with Gasteiger partial charge in [-0.3, -0.25) is 4.79 Å². The molecular weight excluding hydrogens is 206 g/mol. The normalized spacial score (nSPS) is 14.8. The van der Waals surface area contributed by atoms with Crippen LogP contribution >= 0.6 is 0 Å². The van der Waals surface area contributed by atoms with Crippen molar-refractivity contribution in [3.8, 4) is 0 Å². The van der Waals surface area contributed by atoms with Crippen LogP contribution in [0.25, 0.3) is 0 Å². The minimum Gasteiger partial charge on any atom is -0.396 e. The predicted octanol–water partition coefficient (Wildman–Crippen LogP) is 0.988. The molecule has 16 heavy (non-hydrogen) atoms. The summed E-state index contributed by atoms with van der Waals surface area (Å²) in [7, 11) is 0. The Morgan fingerprint density at radius 3 is 2.19 bits per heavy atom. The van der Waals surface area contributed by atoms with Gasteiger partial charge in [-0.2, -0.15) is 0 Å². The zero-order chi connectivity index (χ0) is 12.4. The van der Waals surface area contributed by atoms with E-state index in [9.17, 15) is 9.90 Å². The molecule has 0 saturated carbocycles. The van der Waals surface area contributed by atoms with Crippen LogP contribution in [0.4, 0.5) is 0 Å². The Bertz CT molecular complexity index is 185. The first kappa shape index (κ1) is 15.6. The molecule has 0 rings (SSSR count). The Morgan fingerprint density at radius 2 is 1.75 bits per heavy atom. The number of hydrogen-bond acceptors (Lipinski definition) is 4. The number of carbonyl (C=O) groups is 1. The van der Waals surface area contributed by atoms with Crippen molar-refractivity contribution in [2.75, 3.05) is 13.2 Å². The van der Waals surface area contributed by atoms with Gasteiger partial charge in [0.15, 0.2) is 5.78 Å². The highest BCUT2D eigenvalue weighted by Gasteiger charge is 2.32. The summed E-state index contributed by atoms with van der Waals surface area (Å²) in [6, 6.07) is 0. The summed E-state index contributed by atoms with van der Waals surface area (Å²) < 4.78 is 0. The van der Waals surface area contributed by atoms with E-state index in [-0.39, 0.29) is 18.9 Å². The monoisotopic (exact) mass is 231 g/mol. The Balaban J connectivity index is 4.19. The lowest BCUT2D eigenvalue weighted by atomic mass is 9.86. The maximum Gasteiger partial charge on any atom is 0.177 e. The van der Waals surface area contributed by atoms with Crippen LogP contribution in [-0.2, 0) is 4.79 Å². The number of nitrogens with two attached hydrogens (primary N) is 1. The third-order valence-corrected chi connectivity index (χ3v) is 2.90. The average molecular weight is 231 g/mol. The highest BCUT2D eigenvalue weighted by atomic mass is 16.3. The molecule has 0 bridgehead atoms. The number of ketones is 1. The van der Waals surface area contributed by atoms with Gasteiger partial charge < -0.3 is 15.9 Å². The van der Waals surface area contributed by atoms with Crippen molar-refractivity contribution < 1.29 is 15.0 Å². The minimum absolute atomic E-state index is 0.0991. The first-order chi connectivity index (χ1) is 7.60. The molecular formula is C12H25NO3. The Kier molecular flexibility index (Phi) is 8.43. The lowest BCUT2D eigenvalue weighted by molar-refractivity contribution is -0.137. The third-order valence-electron chi connectivity index (χ3n) is 2.90. The van der Waals surface area contributed by atoms with Gasteiger partial charge in [0.05, 0.1) is 6.54 Å². The summed E-state index contributed by atoms with van der Waals surface area (Å²) in [5.41, 5.74) is 4.04. The summed E-state index contributed by atoms with van der Waals surface area (Å²) in [6.07, 6.45) is 5.09. The number of rotatable bonds is 10. The van der Waals surface area contributed by atoms with E-state index in [1.165, 1.54) is 0 Å². The van der Waals surface area contributed by atoms with Crippen molar-refractivity contribution in [1.29, 1.82) is 0 Å². The minimum atomic E-state index is -1.26. The maximum atomic E-state index is 11.6. The summed E-state index contributed by atoms with van der Waals surface area (Å²) in [6.45, 7) is 2.07. The molecule has 0 spiro atoms. The van der Waals surface area contributed by atoms with Crippen LogP contribution in [-0.4, -0.2) is 34.7 Å². The second-order valence-electron chi connectivity index (χ2n) is 4.30. The zero-order valence-corrected chi connectivity index (χ0v) is 10.2. The molecule has 0 fully saturated rings. The molecule has 0 saturated heterocycles. The van der Waals surface area contributed by atoms with Gasteiger partial charge in [0.1, 0.15) is 5.60 Å². The van der Waals surface area contributed by atoms with E-state index in [1.54, 1.807) is 0 Å². The van der Waals surface area contributed by atoms with Crippen LogP contribution in [0.3, 0.4) is 0 Å². The molecule has 0 radical (unpaired) electrons. The van der Waals surface area contributed by atoms with E-state index in [1.807, 2.05) is 0 Å². The lowest BCUT2D eigenvalue weighted by Crippen LogP contribution is -2.42. The van der Waals surface area contributed by atoms with Crippen LogP contribution in [0.5, 0.6) is 0 Å². The number of aliphatic hydroxyl groups excluding tert-OH is 1. The fourth-order valence-corrected chi connectivity index (χ4v) is 1.79. The van der Waals surface area contributed by atoms with E-state index in [0.717, 1.165) is 19.3 Å². The number of unbranched alkanes of at least 4 members (excludes halogenated alkanes) is 3. The smallest absolute Gasteiger partial charge is 0.177 e. The molecule has 0 aliphatic carbocycles. The van der Waals surface area contributed by atoms with Crippen molar-refractivity contribution in [3.05, 3.63) is 0 Å². The van der Waals surface area contributed by atoms with Crippen LogP contribution in [0.1, 0.15) is 51.9 Å². The van der Waals surface area contributed by atoms with Gasteiger partial charge in [0.25, 0.3) is 0 Å². The highest BCUT2D eigenvalue weighted by Crippen LogP contribution is 2.22. The standard InChI is InChI=1S/C12H25NO3/c1-2-3-4-7-12(16,11(15)10-13)8-5-6-9-14/h14,16H,2-10,13H2,1H3. The van der Waals surface area contributed by atoms with Gasteiger partial charge in [0.2, 0.25) is 0 Å². The van der Waals surface area contributed by atoms with Gasteiger partial charge in [0, 0.05) is 6.61 Å². The van der Waals surface area contributed by atoms with E-state index >= 15 is 0 Å². The first-order valence-electron chi connectivity index (χ1n) is 6.17. The second-order valence-corrected chi connectivity index (χ2v) is 4.30. The van der Waals surface area contributed by atoms with Gasteiger partial charge in [-0.25, -0.2) is 0 Å². The Morgan fingerprint density at radius 1 is 1.19 bits per heavy atom. The molecule has 0 aliphatic heterocycles. The van der Waals surface area contributed by atoms with Crippen LogP contribution in [0, 0.1) is 0 Å². The van der Waals surface area contributed by atoms with E-state index in [2.05, 4.69) is 6.92 Å². The fraction of sp³-hybridized carbons (Fsp3) is 0.917. The summed E-state index contributed by atoms with van der Waals surface area (Å²) in [5, 5.41) is 18.9. The molecule has 4 nitrogen and oxygen atoms in total. The molecule has 96 valence electrons. The molecule has 0 aliphatic rings. The van der Waals surface area contributed by atoms with Crippen molar-refractivity contribution in [2.24, 2.45) is 5.73 Å². The maximum absolute atomic E-state index is 11.6. The molecule has 0 aromatic carbocycles. The molecule has 0 heterocycles. The molecule has 0 aromatic rings. The predicted molar refractivity (Wildman–Crippen MR) is 64.1 cm³/mol. The number of hydrogen-bond donors (Lipinski definition) is 3. The summed E-state index contributed by atoms with van der Waals surface area (Å²) >= 11 is 0. The van der Waals surface area contributed by atoms with Crippen molar-refractivity contribution >= 4 is 5.78 Å². The molecule has 4 heteroatoms. The van der Waals surface area contributed by atoms with E-state index < -0.39 is 5.60 Å². The number of carbonyl (C=O) groups excluding carboxylic acids is 1. The van der Waals surface area contributed by atoms with Crippen LogP contribution in [0.2, 0.25) is 0 Å². The van der Waals surface area contributed by atoms with Crippen molar-refractivity contribution in [2.45, 2.75) is 57.5 Å². The first-order valence-corrected chi connectivity index (χ1v) is 6.17. The number of Topliss-reactive ketones (excluding diaryl/α,β-unsaturated/α-hetero) is 1. The average Bonchev–Trinajstić information content (AvgIpc) is 2.28. The third kappa shape index (κ3) is 5.58. The Hall–Kier alpha value is -0.450. The van der Waals surface area contributed by atoms with Crippen molar-refractivity contribution in [3.63, 3.8) is 0 Å². The lowest BCUT2D eigenvalue weighted by Gasteiger charge is -2.26. The molecule has 4 N–H and O–H groups in total. The summed E-state index contributed by atoms with van der Waals surface area (Å²) in [4.78, 5) is 11.6. The Labute approximate surface area is 97.8 Å². The summed E-state index contributed by atoms with van der Waals surface area (Å²) in [5.74, 6) is -0.276. The van der Waals surface area contributed by atoms with E-state index in [4.69, 9.17) is 10.8 Å². The van der Waals surface area contributed by atoms with Gasteiger partial charge in [-0.1, -0.05) is 26.2 Å². The van der Waals surface area contributed by atoms with Gasteiger partial charge in [-0.05, 0) is 25.7 Å². The fourth-order valence-electron chi connectivity index (χ4n) is 1.79. The zero-order valence-electron chi connectivity index (χ0n) is 10.2. The van der Waals surface area contributed by atoms with Gasteiger partial charge in [-0.15, -0.1) is 0 Å². The van der Waals surface area contributed by atoms with Crippen LogP contribution in [0.15, 0.2) is 0 Å². The van der Waals surface area contributed by atoms with Gasteiger partial charge >= 0.3 is 0 Å². The van der Waals surface area contributed by atoms with Crippen molar-refractivity contribution in [1.82, 2.24) is 0 Å². The van der Waals surface area contributed by atoms with E-state index in [0.29, 0.717) is 25.7 Å². The SMILES string of the molecule is CCCCCC(O)(CCCCO)C(=O)CN.